The highest BCUT2D eigenvalue weighted by Crippen LogP contribution is 2.36. The van der Waals surface area contributed by atoms with Gasteiger partial charge < -0.3 is 20.1 Å². The lowest BCUT2D eigenvalue weighted by Gasteiger charge is -2.13. The van der Waals surface area contributed by atoms with Crippen molar-refractivity contribution in [2.24, 2.45) is 0 Å². The van der Waals surface area contributed by atoms with Crippen LogP contribution in [-0.2, 0) is 0 Å². The molecule has 0 bridgehead atoms. The highest BCUT2D eigenvalue weighted by molar-refractivity contribution is 5.78. The monoisotopic (exact) mass is 382 g/mol. The standard InChI is InChI=1S/C18H18N6O4/c1-11-5-4-8-19-16(11)23-18-15(24(25)26)17(20-10-21-18)22-13-9-12(27-2)6-7-14(13)28-3/h4-10H,1-3H3,(H2,19,20,21,22,23). The number of aryl methyl sites for hydroxylation is 1. The smallest absolute Gasteiger partial charge is 0.353 e. The highest BCUT2D eigenvalue weighted by Gasteiger charge is 2.24. The number of hydrogen-bond acceptors (Lipinski definition) is 9. The van der Waals surface area contributed by atoms with Gasteiger partial charge in [-0.1, -0.05) is 6.07 Å². The Labute approximate surface area is 160 Å². The molecule has 0 atom stereocenters. The molecule has 0 aliphatic heterocycles. The molecule has 0 fully saturated rings. The van der Waals surface area contributed by atoms with Crippen LogP contribution in [0, 0.1) is 17.0 Å². The highest BCUT2D eigenvalue weighted by atomic mass is 16.6. The molecule has 0 unspecified atom stereocenters. The first-order valence-corrected chi connectivity index (χ1v) is 8.20. The summed E-state index contributed by atoms with van der Waals surface area (Å²) in [5, 5.41) is 17.6. The van der Waals surface area contributed by atoms with Gasteiger partial charge in [-0.25, -0.2) is 15.0 Å². The number of rotatable bonds is 7. The third-order valence-electron chi connectivity index (χ3n) is 3.91. The Bertz CT molecular complexity index is 1010. The summed E-state index contributed by atoms with van der Waals surface area (Å²) in [6.45, 7) is 1.84. The molecule has 2 aromatic heterocycles. The molecule has 0 amide bonds. The minimum Gasteiger partial charge on any atom is -0.497 e. The second-order valence-electron chi connectivity index (χ2n) is 5.66. The Morgan fingerprint density at radius 2 is 1.75 bits per heavy atom. The van der Waals surface area contributed by atoms with Crippen molar-refractivity contribution in [3.05, 3.63) is 58.5 Å². The van der Waals surface area contributed by atoms with Gasteiger partial charge in [0.05, 0.1) is 24.8 Å². The van der Waals surface area contributed by atoms with Gasteiger partial charge in [-0.05, 0) is 30.7 Å². The zero-order chi connectivity index (χ0) is 20.1. The quantitative estimate of drug-likeness (QED) is 0.466. The summed E-state index contributed by atoms with van der Waals surface area (Å²) in [5.74, 6) is 1.52. The number of ether oxygens (including phenoxy) is 2. The van der Waals surface area contributed by atoms with E-state index >= 15 is 0 Å². The molecule has 2 heterocycles. The largest absolute Gasteiger partial charge is 0.497 e. The third kappa shape index (κ3) is 3.90. The predicted octanol–water partition coefficient (Wildman–Crippen LogP) is 3.59. The first-order valence-electron chi connectivity index (χ1n) is 8.20. The van der Waals surface area contributed by atoms with Crippen molar-refractivity contribution in [1.29, 1.82) is 0 Å². The maximum atomic E-state index is 11.8. The molecule has 0 spiro atoms. The van der Waals surface area contributed by atoms with E-state index in [9.17, 15) is 10.1 Å². The van der Waals surface area contributed by atoms with E-state index in [1.165, 1.54) is 20.5 Å². The molecule has 3 rings (SSSR count). The lowest BCUT2D eigenvalue weighted by Crippen LogP contribution is -2.07. The van der Waals surface area contributed by atoms with Crippen LogP contribution in [0.25, 0.3) is 0 Å². The molecular weight excluding hydrogens is 364 g/mol. The van der Waals surface area contributed by atoms with Gasteiger partial charge in [0, 0.05) is 12.3 Å². The fraction of sp³-hybridized carbons (Fsp3) is 0.167. The van der Waals surface area contributed by atoms with Crippen LogP contribution in [-0.4, -0.2) is 34.1 Å². The van der Waals surface area contributed by atoms with E-state index in [1.807, 2.05) is 13.0 Å². The molecule has 0 saturated carbocycles. The molecule has 10 nitrogen and oxygen atoms in total. The van der Waals surface area contributed by atoms with Gasteiger partial charge in [-0.3, -0.25) is 10.1 Å². The molecule has 3 aromatic rings. The van der Waals surface area contributed by atoms with E-state index < -0.39 is 4.92 Å². The van der Waals surface area contributed by atoms with Crippen molar-refractivity contribution in [2.75, 3.05) is 24.9 Å². The molecule has 2 N–H and O–H groups in total. The Morgan fingerprint density at radius 3 is 2.39 bits per heavy atom. The molecule has 0 aliphatic rings. The normalized spacial score (nSPS) is 10.2. The molecule has 0 radical (unpaired) electrons. The molecule has 0 saturated heterocycles. The number of benzene rings is 1. The summed E-state index contributed by atoms with van der Waals surface area (Å²) in [6, 6.07) is 8.67. The van der Waals surface area contributed by atoms with Crippen LogP contribution in [0.4, 0.5) is 28.8 Å². The van der Waals surface area contributed by atoms with Crippen molar-refractivity contribution in [2.45, 2.75) is 6.92 Å². The molecule has 28 heavy (non-hydrogen) atoms. The number of anilines is 4. The second kappa shape index (κ2) is 8.16. The minimum atomic E-state index is -0.560. The summed E-state index contributed by atoms with van der Waals surface area (Å²) >= 11 is 0. The van der Waals surface area contributed by atoms with E-state index in [1.54, 1.807) is 30.5 Å². The summed E-state index contributed by atoms with van der Waals surface area (Å²) < 4.78 is 10.5. The van der Waals surface area contributed by atoms with Crippen molar-refractivity contribution < 1.29 is 14.4 Å². The van der Waals surface area contributed by atoms with Crippen LogP contribution in [0.3, 0.4) is 0 Å². The van der Waals surface area contributed by atoms with E-state index in [4.69, 9.17) is 9.47 Å². The van der Waals surface area contributed by atoms with E-state index in [0.29, 0.717) is 23.0 Å². The average molecular weight is 382 g/mol. The Hall–Kier alpha value is -3.95. The van der Waals surface area contributed by atoms with Crippen molar-refractivity contribution in [3.8, 4) is 11.5 Å². The zero-order valence-electron chi connectivity index (χ0n) is 15.5. The Kier molecular flexibility index (Phi) is 5.49. The summed E-state index contributed by atoms with van der Waals surface area (Å²) in [5.41, 5.74) is 0.959. The first-order chi connectivity index (χ1) is 13.5. The fourth-order valence-corrected chi connectivity index (χ4v) is 2.50. The number of nitro groups is 1. The lowest BCUT2D eigenvalue weighted by molar-refractivity contribution is -0.383. The van der Waals surface area contributed by atoms with Crippen LogP contribution in [0.2, 0.25) is 0 Å². The summed E-state index contributed by atoms with van der Waals surface area (Å²) in [4.78, 5) is 23.4. The van der Waals surface area contributed by atoms with Crippen LogP contribution in [0.15, 0.2) is 42.9 Å². The lowest BCUT2D eigenvalue weighted by atomic mass is 10.2. The minimum absolute atomic E-state index is 0.00244. The average Bonchev–Trinajstić information content (AvgIpc) is 2.69. The SMILES string of the molecule is COc1ccc(OC)c(Nc2ncnc(Nc3ncccc3C)c2[N+](=O)[O-])c1. The van der Waals surface area contributed by atoms with Gasteiger partial charge in [0.2, 0.25) is 11.6 Å². The summed E-state index contributed by atoms with van der Waals surface area (Å²) in [6.07, 6.45) is 2.81. The van der Waals surface area contributed by atoms with Gasteiger partial charge in [-0.15, -0.1) is 0 Å². The van der Waals surface area contributed by atoms with E-state index in [2.05, 4.69) is 25.6 Å². The number of aromatic nitrogens is 3. The van der Waals surface area contributed by atoms with Crippen molar-refractivity contribution in [1.82, 2.24) is 15.0 Å². The van der Waals surface area contributed by atoms with Crippen molar-refractivity contribution >= 4 is 28.8 Å². The number of pyridine rings is 1. The van der Waals surface area contributed by atoms with Gasteiger partial charge in [0.1, 0.15) is 23.6 Å². The Morgan fingerprint density at radius 1 is 1.00 bits per heavy atom. The number of hydrogen-bond donors (Lipinski definition) is 2. The second-order valence-corrected chi connectivity index (χ2v) is 5.66. The number of nitrogens with one attached hydrogen (secondary N) is 2. The van der Waals surface area contributed by atoms with Crippen LogP contribution in [0.1, 0.15) is 5.56 Å². The maximum Gasteiger partial charge on any atom is 0.353 e. The van der Waals surface area contributed by atoms with Crippen LogP contribution in [0.5, 0.6) is 11.5 Å². The molecule has 144 valence electrons. The fourth-order valence-electron chi connectivity index (χ4n) is 2.50. The van der Waals surface area contributed by atoms with Crippen molar-refractivity contribution in [3.63, 3.8) is 0 Å². The van der Waals surface area contributed by atoms with Crippen LogP contribution < -0.4 is 20.1 Å². The molecular formula is C18H18N6O4. The third-order valence-corrected chi connectivity index (χ3v) is 3.91. The topological polar surface area (TPSA) is 124 Å². The molecule has 10 heteroatoms. The van der Waals surface area contributed by atoms with Gasteiger partial charge in [0.25, 0.3) is 0 Å². The van der Waals surface area contributed by atoms with Gasteiger partial charge in [0.15, 0.2) is 0 Å². The zero-order valence-corrected chi connectivity index (χ0v) is 15.5. The predicted molar refractivity (Wildman–Crippen MR) is 104 cm³/mol. The van der Waals surface area contributed by atoms with E-state index in [-0.39, 0.29) is 17.3 Å². The number of methoxy groups -OCH3 is 2. The first kappa shape index (κ1) is 18.8. The summed E-state index contributed by atoms with van der Waals surface area (Å²) in [7, 11) is 3.02. The molecule has 0 aliphatic carbocycles. The van der Waals surface area contributed by atoms with Crippen LogP contribution >= 0.6 is 0 Å². The van der Waals surface area contributed by atoms with Gasteiger partial charge in [-0.2, -0.15) is 0 Å². The molecule has 1 aromatic carbocycles. The van der Waals surface area contributed by atoms with E-state index in [0.717, 1.165) is 5.56 Å². The number of nitrogens with zero attached hydrogens (tertiary/aromatic N) is 4. The Balaban J connectivity index is 2.03. The maximum absolute atomic E-state index is 11.8. The van der Waals surface area contributed by atoms with Gasteiger partial charge >= 0.3 is 5.69 Å².